The Morgan fingerprint density at radius 2 is 2.00 bits per heavy atom. The molecule has 106 valence electrons. The monoisotopic (exact) mass is 258 g/mol. The van der Waals surface area contributed by atoms with Crippen molar-refractivity contribution in [1.29, 1.82) is 0 Å². The van der Waals surface area contributed by atoms with Crippen molar-refractivity contribution < 1.29 is 14.6 Å². The molecule has 0 rings (SSSR count). The average Bonchev–Trinajstić information content (AvgIpc) is 2.23. The number of ether oxygens (including phenoxy) is 1. The van der Waals surface area contributed by atoms with Gasteiger partial charge >= 0.3 is 6.03 Å². The van der Waals surface area contributed by atoms with Crippen LogP contribution < -0.4 is 10.6 Å². The van der Waals surface area contributed by atoms with Gasteiger partial charge in [-0.1, -0.05) is 32.9 Å². The van der Waals surface area contributed by atoms with Crippen molar-refractivity contribution in [2.24, 2.45) is 5.41 Å². The third-order valence-electron chi connectivity index (χ3n) is 2.34. The zero-order chi connectivity index (χ0) is 14.2. The number of carbonyl (C=O) groups is 1. The molecule has 5 nitrogen and oxygen atoms in total. The summed E-state index contributed by atoms with van der Waals surface area (Å²) < 4.78 is 5.23. The van der Waals surface area contributed by atoms with Crippen molar-refractivity contribution in [1.82, 2.24) is 10.6 Å². The van der Waals surface area contributed by atoms with Gasteiger partial charge in [0.25, 0.3) is 0 Å². The minimum Gasteiger partial charge on any atom is -0.391 e. The number of carbonyl (C=O) groups excluding carboxylic acids is 1. The third kappa shape index (κ3) is 9.01. The smallest absolute Gasteiger partial charge is 0.314 e. The van der Waals surface area contributed by atoms with Crippen molar-refractivity contribution in [3.05, 3.63) is 12.2 Å². The van der Waals surface area contributed by atoms with Crippen LogP contribution in [0.1, 0.15) is 27.7 Å². The Labute approximate surface area is 110 Å². The molecule has 1 unspecified atom stereocenters. The number of hydrogen-bond donors (Lipinski definition) is 3. The summed E-state index contributed by atoms with van der Waals surface area (Å²) in [5.41, 5.74) is 0.713. The van der Waals surface area contributed by atoms with E-state index in [9.17, 15) is 9.90 Å². The Balaban J connectivity index is 3.58. The Morgan fingerprint density at radius 3 is 2.50 bits per heavy atom. The second-order valence-electron chi connectivity index (χ2n) is 5.53. The molecule has 0 aromatic carbocycles. The van der Waals surface area contributed by atoms with Gasteiger partial charge in [-0.3, -0.25) is 0 Å². The van der Waals surface area contributed by atoms with Crippen LogP contribution in [0.4, 0.5) is 4.79 Å². The van der Waals surface area contributed by atoms with Crippen LogP contribution in [0.15, 0.2) is 12.2 Å². The first-order valence-corrected chi connectivity index (χ1v) is 6.15. The molecule has 0 saturated carbocycles. The van der Waals surface area contributed by atoms with Gasteiger partial charge in [-0.2, -0.15) is 0 Å². The van der Waals surface area contributed by atoms with Gasteiger partial charge in [-0.25, -0.2) is 4.79 Å². The molecular weight excluding hydrogens is 232 g/mol. The molecule has 0 spiro atoms. The van der Waals surface area contributed by atoms with E-state index in [0.717, 1.165) is 5.57 Å². The molecular formula is C13H26N2O3. The van der Waals surface area contributed by atoms with E-state index in [4.69, 9.17) is 4.74 Å². The second-order valence-corrected chi connectivity index (χ2v) is 5.53. The number of rotatable bonds is 7. The Kier molecular flexibility index (Phi) is 7.62. The lowest BCUT2D eigenvalue weighted by Crippen LogP contribution is -2.44. The number of hydrogen-bond acceptors (Lipinski definition) is 3. The fourth-order valence-corrected chi connectivity index (χ4v) is 1.04. The normalized spacial score (nSPS) is 12.9. The van der Waals surface area contributed by atoms with Crippen LogP contribution in [0.5, 0.6) is 0 Å². The van der Waals surface area contributed by atoms with Crippen LogP contribution in [0.25, 0.3) is 0 Å². The molecule has 5 heteroatoms. The Bertz CT molecular complexity index is 272. The lowest BCUT2D eigenvalue weighted by Gasteiger charge is -2.25. The zero-order valence-electron chi connectivity index (χ0n) is 11.9. The van der Waals surface area contributed by atoms with Gasteiger partial charge in [-0.15, -0.1) is 0 Å². The molecule has 0 radical (unpaired) electrons. The highest BCUT2D eigenvalue weighted by molar-refractivity contribution is 5.73. The maximum atomic E-state index is 11.4. The van der Waals surface area contributed by atoms with Gasteiger partial charge in [0, 0.05) is 13.1 Å². The summed E-state index contributed by atoms with van der Waals surface area (Å²) in [4.78, 5) is 11.4. The maximum absolute atomic E-state index is 11.4. The molecule has 0 bridgehead atoms. The lowest BCUT2D eigenvalue weighted by atomic mass is 9.89. The molecule has 0 aromatic rings. The first-order valence-electron chi connectivity index (χ1n) is 6.15. The van der Waals surface area contributed by atoms with Crippen LogP contribution in [0, 0.1) is 5.41 Å². The van der Waals surface area contributed by atoms with E-state index in [1.165, 1.54) is 0 Å². The number of nitrogens with one attached hydrogen (secondary N) is 2. The van der Waals surface area contributed by atoms with Gasteiger partial charge in [0.05, 0.1) is 19.3 Å². The number of aliphatic hydroxyl groups excluding tert-OH is 1. The molecule has 1 atom stereocenters. The quantitative estimate of drug-likeness (QED) is 0.476. The second kappa shape index (κ2) is 8.11. The van der Waals surface area contributed by atoms with Crippen molar-refractivity contribution in [3.8, 4) is 0 Å². The minimum atomic E-state index is -0.567. The zero-order valence-corrected chi connectivity index (χ0v) is 11.9. The first-order chi connectivity index (χ1) is 8.23. The highest BCUT2D eigenvalue weighted by Gasteiger charge is 2.22. The van der Waals surface area contributed by atoms with Crippen LogP contribution in [-0.2, 0) is 4.74 Å². The number of urea groups is 1. The topological polar surface area (TPSA) is 70.6 Å². The maximum Gasteiger partial charge on any atom is 0.314 e. The number of amides is 2. The van der Waals surface area contributed by atoms with E-state index in [-0.39, 0.29) is 18.0 Å². The summed E-state index contributed by atoms with van der Waals surface area (Å²) in [6.45, 7) is 13.0. The third-order valence-corrected chi connectivity index (χ3v) is 2.34. The van der Waals surface area contributed by atoms with Gasteiger partial charge in [-0.05, 0) is 12.3 Å². The van der Waals surface area contributed by atoms with Gasteiger partial charge in [0.15, 0.2) is 0 Å². The van der Waals surface area contributed by atoms with E-state index in [2.05, 4.69) is 17.2 Å². The van der Waals surface area contributed by atoms with E-state index in [1.807, 2.05) is 27.7 Å². The Hall–Kier alpha value is -1.07. The van der Waals surface area contributed by atoms with Gasteiger partial charge in [0.1, 0.15) is 0 Å². The van der Waals surface area contributed by atoms with Crippen molar-refractivity contribution in [2.45, 2.75) is 33.8 Å². The van der Waals surface area contributed by atoms with Crippen LogP contribution in [0.3, 0.4) is 0 Å². The standard InChI is InChI=1S/C13H26N2O3/c1-10(2)9-18-7-6-14-12(17)15-8-11(16)13(3,4)5/h11,16H,1,6-9H2,2-5H3,(H2,14,15,17). The van der Waals surface area contributed by atoms with Gasteiger partial charge < -0.3 is 20.5 Å². The predicted molar refractivity (Wildman–Crippen MR) is 72.5 cm³/mol. The minimum absolute atomic E-state index is 0.238. The highest BCUT2D eigenvalue weighted by Crippen LogP contribution is 2.17. The van der Waals surface area contributed by atoms with E-state index >= 15 is 0 Å². The molecule has 0 aliphatic heterocycles. The summed E-state index contributed by atoms with van der Waals surface area (Å²) >= 11 is 0. The van der Waals surface area contributed by atoms with Gasteiger partial charge in [0.2, 0.25) is 0 Å². The summed E-state index contributed by atoms with van der Waals surface area (Å²) in [5, 5.41) is 15.0. The molecule has 0 aliphatic rings. The van der Waals surface area contributed by atoms with E-state index in [1.54, 1.807) is 0 Å². The molecule has 0 heterocycles. The first kappa shape index (κ1) is 16.9. The predicted octanol–water partition coefficient (Wildman–Crippen LogP) is 1.29. The molecule has 2 amide bonds. The number of aliphatic hydroxyl groups is 1. The van der Waals surface area contributed by atoms with Crippen LogP contribution in [-0.4, -0.2) is 43.5 Å². The fraction of sp³-hybridized carbons (Fsp3) is 0.769. The van der Waals surface area contributed by atoms with Crippen molar-refractivity contribution in [3.63, 3.8) is 0 Å². The highest BCUT2D eigenvalue weighted by atomic mass is 16.5. The summed E-state index contributed by atoms with van der Waals surface area (Å²) in [6.07, 6.45) is -0.567. The molecule has 0 aliphatic carbocycles. The summed E-state index contributed by atoms with van der Waals surface area (Å²) in [6, 6.07) is -0.294. The van der Waals surface area contributed by atoms with Crippen LogP contribution in [0.2, 0.25) is 0 Å². The lowest BCUT2D eigenvalue weighted by molar-refractivity contribution is 0.0649. The Morgan fingerprint density at radius 1 is 1.39 bits per heavy atom. The fourth-order valence-electron chi connectivity index (χ4n) is 1.04. The van der Waals surface area contributed by atoms with Crippen molar-refractivity contribution in [2.75, 3.05) is 26.3 Å². The van der Waals surface area contributed by atoms with Crippen molar-refractivity contribution >= 4 is 6.03 Å². The summed E-state index contributed by atoms with van der Waals surface area (Å²) in [7, 11) is 0. The van der Waals surface area contributed by atoms with E-state index < -0.39 is 6.10 Å². The molecule has 0 saturated heterocycles. The SMILES string of the molecule is C=C(C)COCCNC(=O)NCC(O)C(C)(C)C. The molecule has 0 fully saturated rings. The largest absolute Gasteiger partial charge is 0.391 e. The average molecular weight is 258 g/mol. The van der Waals surface area contributed by atoms with Crippen LogP contribution >= 0.6 is 0 Å². The molecule has 0 aromatic heterocycles. The van der Waals surface area contributed by atoms with E-state index in [0.29, 0.717) is 19.8 Å². The molecule has 18 heavy (non-hydrogen) atoms. The molecule has 3 N–H and O–H groups in total. The summed E-state index contributed by atoms with van der Waals surface area (Å²) in [5.74, 6) is 0.